The molecule has 1 aliphatic rings. The topological polar surface area (TPSA) is 66.4 Å². The van der Waals surface area contributed by atoms with Gasteiger partial charge in [-0.1, -0.05) is 11.8 Å². The summed E-state index contributed by atoms with van der Waals surface area (Å²) in [5.41, 5.74) is 0. The summed E-state index contributed by atoms with van der Waals surface area (Å²) in [7, 11) is 0. The van der Waals surface area contributed by atoms with Gasteiger partial charge in [0.2, 0.25) is 5.12 Å². The van der Waals surface area contributed by atoms with Crippen LogP contribution in [0, 0.1) is 0 Å². The van der Waals surface area contributed by atoms with Crippen LogP contribution in [0.25, 0.3) is 0 Å². The molecule has 1 unspecified atom stereocenters. The zero-order valence-electron chi connectivity index (χ0n) is 6.25. The third kappa shape index (κ3) is 1.48. The molecule has 1 heterocycles. The summed E-state index contributed by atoms with van der Waals surface area (Å²) < 4.78 is -0.282. The summed E-state index contributed by atoms with van der Waals surface area (Å²) in [5.74, 6) is 0. The normalized spacial score (nSPS) is 27.5. The second-order valence-electron chi connectivity index (χ2n) is 2.91. The fourth-order valence-electron chi connectivity index (χ4n) is 0.959. The molecule has 0 bridgehead atoms. The fraction of sp³-hybridized carbons (Fsp3) is 0.667. The summed E-state index contributed by atoms with van der Waals surface area (Å²) in [5, 5.41) is 10.4. The lowest BCUT2D eigenvalue weighted by atomic mass is 10.0. The molecule has 1 aliphatic heterocycles. The van der Waals surface area contributed by atoms with Crippen molar-refractivity contribution < 1.29 is 14.7 Å². The second-order valence-corrected chi connectivity index (χ2v) is 4.57. The number of carboxylic acid groups (broad SMARTS) is 1. The molecule has 0 aromatic carbocycles. The average Bonchev–Trinajstić information content (AvgIpc) is 1.82. The fourth-order valence-corrected chi connectivity index (χ4v) is 2.05. The van der Waals surface area contributed by atoms with Crippen molar-refractivity contribution in [1.82, 2.24) is 5.32 Å². The standard InChI is InChI=1S/C6H9NO3S/c1-6(2)3(4(8)11-6)7-5(9)10/h3,7H,1-2H3,(H,9,10). The molecule has 62 valence electrons. The Kier molecular flexibility index (Phi) is 1.83. The molecule has 0 saturated carbocycles. The van der Waals surface area contributed by atoms with Gasteiger partial charge in [0.05, 0.1) is 0 Å². The minimum absolute atomic E-state index is 0.0996. The summed E-state index contributed by atoms with van der Waals surface area (Å²) in [4.78, 5) is 21.0. The van der Waals surface area contributed by atoms with Gasteiger partial charge in [-0.25, -0.2) is 4.79 Å². The SMILES string of the molecule is CC1(C)SC(=O)C1NC(=O)O. The van der Waals surface area contributed by atoms with Crippen molar-refractivity contribution in [2.24, 2.45) is 0 Å². The molecular formula is C6H9NO3S. The highest BCUT2D eigenvalue weighted by Gasteiger charge is 2.48. The number of carbonyl (C=O) groups is 2. The van der Waals surface area contributed by atoms with Gasteiger partial charge in [-0.15, -0.1) is 0 Å². The van der Waals surface area contributed by atoms with Crippen LogP contribution in [0.5, 0.6) is 0 Å². The number of hydrogen-bond acceptors (Lipinski definition) is 3. The molecule has 0 aromatic rings. The second kappa shape index (κ2) is 2.41. The highest BCUT2D eigenvalue weighted by molar-refractivity contribution is 8.17. The molecule has 5 heteroatoms. The molecule has 11 heavy (non-hydrogen) atoms. The van der Waals surface area contributed by atoms with E-state index >= 15 is 0 Å². The van der Waals surface area contributed by atoms with E-state index in [-0.39, 0.29) is 9.86 Å². The Morgan fingerprint density at radius 1 is 1.73 bits per heavy atom. The molecule has 4 nitrogen and oxygen atoms in total. The zero-order chi connectivity index (χ0) is 8.65. The van der Waals surface area contributed by atoms with Crippen LogP contribution in [0.1, 0.15) is 13.8 Å². The molecule has 1 amide bonds. The van der Waals surface area contributed by atoms with E-state index in [1.54, 1.807) is 0 Å². The summed E-state index contributed by atoms with van der Waals surface area (Å²) >= 11 is 1.17. The van der Waals surface area contributed by atoms with Gasteiger partial charge in [-0.05, 0) is 13.8 Å². The highest BCUT2D eigenvalue weighted by atomic mass is 32.2. The quantitative estimate of drug-likeness (QED) is 0.614. The number of amides is 1. The Balaban J connectivity index is 2.57. The first kappa shape index (κ1) is 8.39. The third-order valence-corrected chi connectivity index (χ3v) is 2.76. The molecule has 0 radical (unpaired) electrons. The van der Waals surface area contributed by atoms with E-state index in [4.69, 9.17) is 5.11 Å². The van der Waals surface area contributed by atoms with Gasteiger partial charge >= 0.3 is 6.09 Å². The number of hydrogen-bond donors (Lipinski definition) is 2. The van der Waals surface area contributed by atoms with Gasteiger partial charge in [0.1, 0.15) is 6.04 Å². The van der Waals surface area contributed by atoms with E-state index in [2.05, 4.69) is 5.32 Å². The van der Waals surface area contributed by atoms with Crippen molar-refractivity contribution in [2.75, 3.05) is 0 Å². The maximum absolute atomic E-state index is 10.8. The van der Waals surface area contributed by atoms with Gasteiger partial charge in [-0.3, -0.25) is 4.79 Å². The van der Waals surface area contributed by atoms with Crippen LogP contribution < -0.4 is 5.32 Å². The largest absolute Gasteiger partial charge is 0.465 e. The van der Waals surface area contributed by atoms with Gasteiger partial charge in [0, 0.05) is 4.75 Å². The smallest absolute Gasteiger partial charge is 0.405 e. The first-order valence-corrected chi connectivity index (χ1v) is 3.97. The van der Waals surface area contributed by atoms with E-state index in [9.17, 15) is 9.59 Å². The third-order valence-electron chi connectivity index (χ3n) is 1.56. The Morgan fingerprint density at radius 3 is 2.45 bits per heavy atom. The van der Waals surface area contributed by atoms with E-state index in [0.717, 1.165) is 0 Å². The monoisotopic (exact) mass is 175 g/mol. The molecule has 0 aliphatic carbocycles. The van der Waals surface area contributed by atoms with Crippen LogP contribution in [-0.2, 0) is 4.79 Å². The molecule has 1 fully saturated rings. The highest BCUT2D eigenvalue weighted by Crippen LogP contribution is 2.41. The molecule has 0 aromatic heterocycles. The van der Waals surface area contributed by atoms with Crippen LogP contribution in [0.4, 0.5) is 4.79 Å². The van der Waals surface area contributed by atoms with E-state index < -0.39 is 12.1 Å². The molecule has 1 rings (SSSR count). The number of thioether (sulfide) groups is 1. The zero-order valence-corrected chi connectivity index (χ0v) is 7.07. The van der Waals surface area contributed by atoms with E-state index in [0.29, 0.717) is 0 Å². The molecule has 2 N–H and O–H groups in total. The molecular weight excluding hydrogens is 166 g/mol. The van der Waals surface area contributed by atoms with Gasteiger partial charge in [0.15, 0.2) is 0 Å². The van der Waals surface area contributed by atoms with Crippen LogP contribution in [0.15, 0.2) is 0 Å². The summed E-state index contributed by atoms with van der Waals surface area (Å²) in [6.07, 6.45) is -1.14. The minimum Gasteiger partial charge on any atom is -0.465 e. The van der Waals surface area contributed by atoms with Crippen molar-refractivity contribution in [1.29, 1.82) is 0 Å². The van der Waals surface area contributed by atoms with Crippen molar-refractivity contribution in [3.63, 3.8) is 0 Å². The van der Waals surface area contributed by atoms with Crippen molar-refractivity contribution >= 4 is 23.0 Å². The Labute approximate surface area is 68.3 Å². The Morgan fingerprint density at radius 2 is 2.27 bits per heavy atom. The number of nitrogens with one attached hydrogen (secondary N) is 1. The van der Waals surface area contributed by atoms with Crippen molar-refractivity contribution in [3.05, 3.63) is 0 Å². The predicted octanol–water partition coefficient (Wildman–Crippen LogP) is 0.675. The number of rotatable bonds is 1. The van der Waals surface area contributed by atoms with E-state index in [1.807, 2.05) is 13.8 Å². The Bertz CT molecular complexity index is 214. The molecule has 0 spiro atoms. The lowest BCUT2D eigenvalue weighted by molar-refractivity contribution is -0.115. The Hall–Kier alpha value is -0.710. The van der Waals surface area contributed by atoms with Crippen molar-refractivity contribution in [3.8, 4) is 0 Å². The number of carbonyl (C=O) groups excluding carboxylic acids is 1. The first-order valence-electron chi connectivity index (χ1n) is 3.16. The first-order chi connectivity index (χ1) is 4.93. The van der Waals surface area contributed by atoms with Crippen molar-refractivity contribution in [2.45, 2.75) is 24.6 Å². The maximum atomic E-state index is 10.8. The average molecular weight is 175 g/mol. The lowest BCUT2D eigenvalue weighted by Crippen LogP contribution is -2.59. The summed E-state index contributed by atoms with van der Waals surface area (Å²) in [6.45, 7) is 3.67. The van der Waals surface area contributed by atoms with Gasteiger partial charge in [-0.2, -0.15) is 0 Å². The molecule has 1 saturated heterocycles. The minimum atomic E-state index is -1.14. The van der Waals surface area contributed by atoms with Crippen LogP contribution >= 0.6 is 11.8 Å². The van der Waals surface area contributed by atoms with Gasteiger partial charge in [0.25, 0.3) is 0 Å². The molecule has 1 atom stereocenters. The van der Waals surface area contributed by atoms with Crippen LogP contribution in [0.2, 0.25) is 0 Å². The van der Waals surface area contributed by atoms with Crippen LogP contribution in [-0.4, -0.2) is 27.1 Å². The predicted molar refractivity (Wildman–Crippen MR) is 41.6 cm³/mol. The lowest BCUT2D eigenvalue weighted by Gasteiger charge is -2.40. The van der Waals surface area contributed by atoms with Gasteiger partial charge < -0.3 is 10.4 Å². The van der Waals surface area contributed by atoms with E-state index in [1.165, 1.54) is 11.8 Å². The maximum Gasteiger partial charge on any atom is 0.405 e. The summed E-state index contributed by atoms with van der Waals surface area (Å²) in [6, 6.07) is -0.537. The van der Waals surface area contributed by atoms with Crippen LogP contribution in [0.3, 0.4) is 0 Å².